The lowest BCUT2D eigenvalue weighted by Gasteiger charge is -2.22. The largest absolute Gasteiger partial charge is 0.486 e. The minimum absolute atomic E-state index is 0.0104. The van der Waals surface area contributed by atoms with Crippen molar-refractivity contribution in [3.05, 3.63) is 40.2 Å². The van der Waals surface area contributed by atoms with E-state index in [4.69, 9.17) is 4.74 Å². The highest BCUT2D eigenvalue weighted by molar-refractivity contribution is 7.99. The van der Waals surface area contributed by atoms with E-state index < -0.39 is 4.92 Å². The molecule has 28 heavy (non-hydrogen) atoms. The number of benzene rings is 1. The number of nitrogens with zero attached hydrogens (tertiary/aromatic N) is 4. The number of carbonyl (C=O) groups is 1. The molecule has 1 saturated carbocycles. The zero-order chi connectivity index (χ0) is 19.9. The molecular weight excluding hydrogens is 382 g/mol. The number of thioether (sulfide) groups is 1. The van der Waals surface area contributed by atoms with Crippen molar-refractivity contribution < 1.29 is 14.5 Å². The Bertz CT molecular complexity index is 818. The highest BCUT2D eigenvalue weighted by Gasteiger charge is 2.17. The number of carbonyl (C=O) groups excluding carboxylic acids is 1. The van der Waals surface area contributed by atoms with Gasteiger partial charge in [-0.3, -0.25) is 14.9 Å². The molecule has 0 bridgehead atoms. The van der Waals surface area contributed by atoms with Crippen molar-refractivity contribution in [2.75, 3.05) is 5.75 Å². The number of rotatable bonds is 8. The second-order valence-corrected chi connectivity index (χ2v) is 7.63. The Hall–Kier alpha value is -2.62. The molecule has 0 saturated heterocycles. The Balaban J connectivity index is 1.47. The van der Waals surface area contributed by atoms with Gasteiger partial charge < -0.3 is 14.6 Å². The summed E-state index contributed by atoms with van der Waals surface area (Å²) in [7, 11) is 1.82. The maximum Gasteiger partial charge on any atom is 0.269 e. The van der Waals surface area contributed by atoms with E-state index in [0.29, 0.717) is 28.5 Å². The summed E-state index contributed by atoms with van der Waals surface area (Å²) in [5, 5.41) is 22.6. The third-order valence-corrected chi connectivity index (χ3v) is 5.66. The van der Waals surface area contributed by atoms with E-state index in [0.717, 1.165) is 12.8 Å². The van der Waals surface area contributed by atoms with Crippen LogP contribution in [0, 0.1) is 10.1 Å². The number of nitrogens with one attached hydrogen (secondary N) is 1. The van der Waals surface area contributed by atoms with Gasteiger partial charge in [-0.1, -0.05) is 31.0 Å². The number of non-ortho nitro benzene ring substituents is 1. The fraction of sp³-hybridized carbons (Fsp3) is 0.500. The molecule has 0 aliphatic heterocycles. The summed E-state index contributed by atoms with van der Waals surface area (Å²) < 4.78 is 7.39. The van der Waals surface area contributed by atoms with Crippen LogP contribution in [0.25, 0.3) is 0 Å². The van der Waals surface area contributed by atoms with E-state index in [1.165, 1.54) is 43.2 Å². The zero-order valence-electron chi connectivity index (χ0n) is 15.7. The van der Waals surface area contributed by atoms with Gasteiger partial charge in [-0.15, -0.1) is 10.2 Å². The molecule has 1 fully saturated rings. The molecule has 3 rings (SSSR count). The van der Waals surface area contributed by atoms with Gasteiger partial charge >= 0.3 is 0 Å². The van der Waals surface area contributed by atoms with E-state index in [-0.39, 0.29) is 18.2 Å². The van der Waals surface area contributed by atoms with Gasteiger partial charge in [-0.05, 0) is 25.0 Å². The van der Waals surface area contributed by atoms with Gasteiger partial charge in [0.25, 0.3) is 5.69 Å². The van der Waals surface area contributed by atoms with Crippen LogP contribution < -0.4 is 10.1 Å². The molecule has 1 aliphatic carbocycles. The van der Waals surface area contributed by atoms with Gasteiger partial charge in [0, 0.05) is 25.2 Å². The fourth-order valence-corrected chi connectivity index (χ4v) is 3.80. The Morgan fingerprint density at radius 2 is 2.00 bits per heavy atom. The summed E-state index contributed by atoms with van der Waals surface area (Å²) in [6.07, 6.45) is 5.73. The van der Waals surface area contributed by atoms with Crippen molar-refractivity contribution in [1.82, 2.24) is 20.1 Å². The molecular formula is C18H23N5O4S. The first-order valence-corrected chi connectivity index (χ1v) is 10.2. The third-order valence-electron chi connectivity index (χ3n) is 4.64. The highest BCUT2D eigenvalue weighted by Crippen LogP contribution is 2.21. The van der Waals surface area contributed by atoms with Gasteiger partial charge in [-0.25, -0.2) is 0 Å². The SMILES string of the molecule is Cn1c(COc2ccc([N+](=O)[O-])cc2)nnc1SCC(=O)NC1CCCCC1. The molecule has 0 unspecified atom stereocenters. The van der Waals surface area contributed by atoms with Crippen molar-refractivity contribution in [1.29, 1.82) is 0 Å². The van der Waals surface area contributed by atoms with Crippen molar-refractivity contribution >= 4 is 23.4 Å². The van der Waals surface area contributed by atoms with Crippen molar-refractivity contribution in [3.63, 3.8) is 0 Å². The average Bonchev–Trinajstić information content (AvgIpc) is 3.05. The molecule has 1 heterocycles. The van der Waals surface area contributed by atoms with Crippen LogP contribution in [0.1, 0.15) is 37.9 Å². The first kappa shape index (κ1) is 20.1. The maximum atomic E-state index is 12.1. The van der Waals surface area contributed by atoms with Gasteiger partial charge in [0.1, 0.15) is 12.4 Å². The first-order chi connectivity index (χ1) is 13.5. The van der Waals surface area contributed by atoms with E-state index in [1.807, 2.05) is 7.05 Å². The normalized spacial score (nSPS) is 14.6. The maximum absolute atomic E-state index is 12.1. The Labute approximate surface area is 167 Å². The Kier molecular flexibility index (Phi) is 6.85. The molecule has 2 aromatic rings. The Morgan fingerprint density at radius 3 is 2.68 bits per heavy atom. The monoisotopic (exact) mass is 405 g/mol. The summed E-state index contributed by atoms with van der Waals surface area (Å²) in [5.74, 6) is 1.43. The average molecular weight is 405 g/mol. The van der Waals surface area contributed by atoms with E-state index in [1.54, 1.807) is 16.7 Å². The molecule has 0 spiro atoms. The number of amides is 1. The molecule has 1 aliphatic rings. The molecule has 1 aromatic carbocycles. The molecule has 0 atom stereocenters. The van der Waals surface area contributed by atoms with Crippen LogP contribution in [0.3, 0.4) is 0 Å². The van der Waals surface area contributed by atoms with Gasteiger partial charge in [-0.2, -0.15) is 0 Å². The van der Waals surface area contributed by atoms with Crippen molar-refractivity contribution in [3.8, 4) is 5.75 Å². The fourth-order valence-electron chi connectivity index (χ4n) is 3.05. The van der Waals surface area contributed by atoms with Gasteiger partial charge in [0.15, 0.2) is 11.0 Å². The van der Waals surface area contributed by atoms with Crippen molar-refractivity contribution in [2.24, 2.45) is 7.05 Å². The summed E-state index contributed by atoms with van der Waals surface area (Å²) in [6, 6.07) is 6.16. The summed E-state index contributed by atoms with van der Waals surface area (Å²) in [6.45, 7) is 0.177. The number of nitro benzene ring substituents is 1. The summed E-state index contributed by atoms with van der Waals surface area (Å²) in [4.78, 5) is 22.3. The van der Waals surface area contributed by atoms with Crippen LogP contribution in [0.2, 0.25) is 0 Å². The number of nitro groups is 1. The van der Waals surface area contributed by atoms with Crippen LogP contribution >= 0.6 is 11.8 Å². The lowest BCUT2D eigenvalue weighted by atomic mass is 9.95. The highest BCUT2D eigenvalue weighted by atomic mass is 32.2. The Morgan fingerprint density at radius 1 is 1.29 bits per heavy atom. The van der Waals surface area contributed by atoms with E-state index in [9.17, 15) is 14.9 Å². The van der Waals surface area contributed by atoms with Crippen LogP contribution in [-0.2, 0) is 18.4 Å². The topological polar surface area (TPSA) is 112 Å². The van der Waals surface area contributed by atoms with Gasteiger partial charge in [0.2, 0.25) is 5.91 Å². The number of ether oxygens (including phenoxy) is 1. The number of hydrogen-bond donors (Lipinski definition) is 1. The van der Waals surface area contributed by atoms with E-state index in [2.05, 4.69) is 15.5 Å². The molecule has 9 nitrogen and oxygen atoms in total. The van der Waals surface area contributed by atoms with Crippen molar-refractivity contribution in [2.45, 2.75) is 49.9 Å². The van der Waals surface area contributed by atoms with Crippen LogP contribution in [0.15, 0.2) is 29.4 Å². The van der Waals surface area contributed by atoms with Gasteiger partial charge in [0.05, 0.1) is 10.7 Å². The second kappa shape index (κ2) is 9.54. The quantitative estimate of drug-likeness (QED) is 0.408. The molecule has 1 amide bonds. The standard InChI is InChI=1S/C18H23N5O4S/c1-22-16(11-27-15-9-7-14(8-10-15)23(25)26)20-21-18(22)28-12-17(24)19-13-5-3-2-4-6-13/h7-10,13H,2-6,11-12H2,1H3,(H,19,24). The summed E-state index contributed by atoms with van der Waals surface area (Å²) >= 11 is 1.34. The minimum atomic E-state index is -0.458. The second-order valence-electron chi connectivity index (χ2n) is 6.69. The molecule has 1 aromatic heterocycles. The predicted octanol–water partition coefficient (Wildman–Crippen LogP) is 2.84. The van der Waals surface area contributed by atoms with Crippen LogP contribution in [0.5, 0.6) is 5.75 Å². The van der Waals surface area contributed by atoms with Crippen LogP contribution in [-0.4, -0.2) is 37.4 Å². The predicted molar refractivity (Wildman–Crippen MR) is 104 cm³/mol. The minimum Gasteiger partial charge on any atom is -0.486 e. The third kappa shape index (κ3) is 5.44. The lowest BCUT2D eigenvalue weighted by Crippen LogP contribution is -2.37. The molecule has 0 radical (unpaired) electrons. The molecule has 150 valence electrons. The molecule has 1 N–H and O–H groups in total. The lowest BCUT2D eigenvalue weighted by molar-refractivity contribution is -0.384. The van der Waals surface area contributed by atoms with E-state index >= 15 is 0 Å². The van der Waals surface area contributed by atoms with Crippen LogP contribution in [0.4, 0.5) is 5.69 Å². The number of aromatic nitrogens is 3. The first-order valence-electron chi connectivity index (χ1n) is 9.20. The molecule has 10 heteroatoms. The summed E-state index contributed by atoms with van der Waals surface area (Å²) in [5.41, 5.74) is 0.0104. The number of hydrogen-bond acceptors (Lipinski definition) is 7. The smallest absolute Gasteiger partial charge is 0.269 e. The zero-order valence-corrected chi connectivity index (χ0v) is 16.5.